The Labute approximate surface area is 412 Å². The molecular formula is C46H27BF24O4S. The van der Waals surface area contributed by atoms with Crippen LogP contribution in [0.25, 0.3) is 11.0 Å². The molecule has 76 heavy (non-hydrogen) atoms. The van der Waals surface area contributed by atoms with E-state index in [4.69, 9.17) is 9.15 Å². The van der Waals surface area contributed by atoms with Crippen molar-refractivity contribution in [2.24, 2.45) is 0 Å². The van der Waals surface area contributed by atoms with Gasteiger partial charge in [-0.05, 0) is 53.4 Å². The van der Waals surface area contributed by atoms with Gasteiger partial charge in [-0.3, -0.25) is 4.79 Å². The van der Waals surface area contributed by atoms with Crippen LogP contribution in [0.2, 0.25) is 0 Å². The number of carbonyl (C=O) groups excluding carboxylic acids is 1. The third kappa shape index (κ3) is 13.5. The highest BCUT2D eigenvalue weighted by Crippen LogP contribution is 2.41. The van der Waals surface area contributed by atoms with Gasteiger partial charge in [0, 0.05) is 11.5 Å². The van der Waals surface area contributed by atoms with E-state index in [9.17, 15) is 115 Å². The van der Waals surface area contributed by atoms with Crippen LogP contribution in [-0.2, 0) is 60.3 Å². The highest BCUT2D eigenvalue weighted by Gasteiger charge is 2.47. The third-order valence-corrected chi connectivity index (χ3v) is 11.9. The van der Waals surface area contributed by atoms with Crippen molar-refractivity contribution in [2.45, 2.75) is 49.4 Å². The Balaban J connectivity index is 0.000000468. The molecule has 0 aliphatic carbocycles. The number of methoxy groups -OCH3 is 1. The monoisotopic (exact) mass is 1140 g/mol. The van der Waals surface area contributed by atoms with Gasteiger partial charge < -0.3 is 9.15 Å². The molecule has 0 N–H and O–H groups in total. The van der Waals surface area contributed by atoms with Crippen molar-refractivity contribution in [3.63, 3.8) is 0 Å². The maximum Gasteiger partial charge on any atom is 0.416 e. The van der Waals surface area contributed by atoms with Crippen LogP contribution in [0.15, 0.2) is 106 Å². The molecule has 1 heterocycles. The molecule has 0 aliphatic heterocycles. The van der Waals surface area contributed by atoms with Crippen LogP contribution in [-0.4, -0.2) is 37.3 Å². The topological polar surface area (TPSA) is 56.5 Å². The summed E-state index contributed by atoms with van der Waals surface area (Å²) in [5.41, 5.74) is -30.2. The molecule has 0 unspecified atom stereocenters. The summed E-state index contributed by atoms with van der Waals surface area (Å²) in [5.74, 6) is 0.810. The predicted molar refractivity (Wildman–Crippen MR) is 228 cm³/mol. The van der Waals surface area contributed by atoms with Crippen molar-refractivity contribution in [1.29, 1.82) is 0 Å². The van der Waals surface area contributed by atoms with E-state index in [2.05, 4.69) is 0 Å². The molecule has 6 rings (SSSR count). The highest BCUT2D eigenvalue weighted by atomic mass is 32.2. The molecule has 1 aromatic heterocycles. The molecular weight excluding hydrogens is 1120 g/mol. The number of Topliss-reactive ketones (excluding diaryl/α,β-unsaturated/α-hetero) is 1. The maximum atomic E-state index is 14.2. The summed E-state index contributed by atoms with van der Waals surface area (Å²) in [6.45, 7) is 0. The molecule has 30 heteroatoms. The number of ketones is 1. The first-order valence-corrected chi connectivity index (χ1v) is 22.5. The first kappa shape index (κ1) is 60.4. The van der Waals surface area contributed by atoms with Gasteiger partial charge in [-0.1, -0.05) is 48.5 Å². The van der Waals surface area contributed by atoms with Gasteiger partial charge in [-0.2, -0.15) is 127 Å². The minimum atomic E-state index is -6.13. The number of carbonyl (C=O) groups is 1. The first-order valence-electron chi connectivity index (χ1n) is 20.3. The zero-order valence-corrected chi connectivity index (χ0v) is 38.5. The van der Waals surface area contributed by atoms with Crippen LogP contribution in [0.4, 0.5) is 105 Å². The van der Waals surface area contributed by atoms with Crippen LogP contribution < -0.4 is 32.2 Å². The molecule has 0 saturated heterocycles. The quantitative estimate of drug-likeness (QED) is 0.0501. The van der Waals surface area contributed by atoms with Crippen molar-refractivity contribution in [2.75, 3.05) is 25.4 Å². The predicted octanol–water partition coefficient (Wildman–Crippen LogP) is 13.1. The summed E-state index contributed by atoms with van der Waals surface area (Å²) in [6, 6.07) is -2.05. The van der Waals surface area contributed by atoms with Gasteiger partial charge in [0.05, 0.1) is 64.1 Å². The first-order chi connectivity index (χ1) is 34.3. The number of benzene rings is 5. The Bertz CT molecular complexity index is 2750. The van der Waals surface area contributed by atoms with E-state index < -0.39 is 200 Å². The van der Waals surface area contributed by atoms with Crippen LogP contribution >= 0.6 is 0 Å². The number of hydrogen-bond donors (Lipinski definition) is 0. The number of hydrogen-bond acceptors (Lipinski definition) is 4. The van der Waals surface area contributed by atoms with Crippen molar-refractivity contribution in [1.82, 2.24) is 0 Å². The highest BCUT2D eigenvalue weighted by molar-refractivity contribution is 7.96. The number of fused-ring (bicyclic) bond motifs is 1. The molecule has 6 aromatic rings. The Morgan fingerprint density at radius 3 is 0.921 bits per heavy atom. The second-order valence-electron chi connectivity index (χ2n) is 16.6. The number of ether oxygens (including phenoxy) is 1. The lowest BCUT2D eigenvalue weighted by Crippen LogP contribution is -2.75. The molecule has 0 fully saturated rings. The number of rotatable bonds is 8. The van der Waals surface area contributed by atoms with Gasteiger partial charge in [0.25, 0.3) is 0 Å². The lowest BCUT2D eigenvalue weighted by molar-refractivity contribution is -0.144. The standard InChI is InChI=1S/C32H12BF24.C14H15O4S/c34-25(35,36)13-1-14(26(37,38)39)6-21(5-13)33(22-7-15(27(40,41)42)2-16(8-22)28(43,44)45,23-9-17(29(46,47)48)3-18(10-23)30(49,50)51)24-11-19(31(52,53)54)4-20(12-24)32(55,56)57;1-17-10-5-4-9-6-11(12(15)8-19(2)3)14(16)18-13(9)7-10/h1-12H;4-7H,8H2,1-3H3/q-1;+1. The van der Waals surface area contributed by atoms with E-state index in [1.807, 2.05) is 12.5 Å². The average Bonchev–Trinajstić information content (AvgIpc) is 3.26. The van der Waals surface area contributed by atoms with Crippen molar-refractivity contribution in [3.8, 4) is 5.75 Å². The van der Waals surface area contributed by atoms with Crippen molar-refractivity contribution in [3.05, 3.63) is 158 Å². The summed E-state index contributed by atoms with van der Waals surface area (Å²) in [7, 11) is 1.50. The molecule has 0 spiro atoms. The normalized spacial score (nSPS) is 13.5. The lowest BCUT2D eigenvalue weighted by Gasteiger charge is -2.46. The number of halogens is 24. The van der Waals surface area contributed by atoms with E-state index in [0.29, 0.717) is 17.1 Å². The summed E-state index contributed by atoms with van der Waals surface area (Å²) in [4.78, 5) is 23.8. The van der Waals surface area contributed by atoms with E-state index in [-0.39, 0.29) is 22.2 Å². The van der Waals surface area contributed by atoms with Crippen LogP contribution in [0.1, 0.15) is 54.9 Å². The molecule has 0 amide bonds. The molecule has 412 valence electrons. The third-order valence-electron chi connectivity index (χ3n) is 11.1. The summed E-state index contributed by atoms with van der Waals surface area (Å²) in [5, 5.41) is 0.718. The Hall–Kier alpha value is -6.49. The second-order valence-corrected chi connectivity index (χ2v) is 18.9. The Morgan fingerprint density at radius 2 is 0.697 bits per heavy atom. The summed E-state index contributed by atoms with van der Waals surface area (Å²) in [6.07, 6.45) is -50.9. The molecule has 0 bridgehead atoms. The fourth-order valence-corrected chi connectivity index (χ4v) is 8.50. The van der Waals surface area contributed by atoms with Crippen LogP contribution in [0, 0.1) is 0 Å². The maximum absolute atomic E-state index is 14.2. The van der Waals surface area contributed by atoms with E-state index in [1.165, 1.54) is 0 Å². The fraction of sp³-hybridized carbons (Fsp3) is 0.261. The van der Waals surface area contributed by atoms with Crippen LogP contribution in [0.5, 0.6) is 5.75 Å². The molecule has 0 atom stereocenters. The van der Waals surface area contributed by atoms with Crippen LogP contribution in [0.3, 0.4) is 0 Å². The van der Waals surface area contributed by atoms with Gasteiger partial charge >= 0.3 is 55.0 Å². The zero-order chi connectivity index (χ0) is 57.9. The van der Waals surface area contributed by atoms with Gasteiger partial charge in [-0.15, -0.1) is 0 Å². The summed E-state index contributed by atoms with van der Waals surface area (Å²) < 4.78 is 351. The second kappa shape index (κ2) is 20.5. The lowest BCUT2D eigenvalue weighted by atomic mass is 9.12. The molecule has 5 aromatic carbocycles. The van der Waals surface area contributed by atoms with Crippen molar-refractivity contribution < 1.29 is 119 Å². The minimum Gasteiger partial charge on any atom is -0.497 e. The van der Waals surface area contributed by atoms with Gasteiger partial charge in [-0.25, -0.2) is 4.79 Å². The molecule has 4 nitrogen and oxygen atoms in total. The molecule has 0 saturated carbocycles. The average molecular weight is 1140 g/mol. The zero-order valence-electron chi connectivity index (χ0n) is 37.6. The van der Waals surface area contributed by atoms with Crippen molar-refractivity contribution >= 4 is 55.6 Å². The molecule has 0 aliphatic rings. The smallest absolute Gasteiger partial charge is 0.416 e. The minimum absolute atomic E-state index is 0.0433. The number of alkyl halides is 24. The Morgan fingerprint density at radius 1 is 0.434 bits per heavy atom. The SMILES string of the molecule is COc1ccc2cc(C(=O)C[S+](C)C)c(=O)oc2c1.FC(F)(F)c1cc([B-](c2cc(C(F)(F)F)cc(C(F)(F)F)c2)(c2cc(C(F)(F)F)cc(C(F)(F)F)c2)c2cc(C(F)(F)F)cc(C(F)(F)F)c2)cc(C(F)(F)F)c1. The van der Waals surface area contributed by atoms with Gasteiger partial charge in [0.1, 0.15) is 23.0 Å². The fourth-order valence-electron chi connectivity index (χ4n) is 7.82. The van der Waals surface area contributed by atoms with Gasteiger partial charge in [0.15, 0.2) is 5.75 Å². The summed E-state index contributed by atoms with van der Waals surface area (Å²) >= 11 is 0. The van der Waals surface area contributed by atoms with E-state index >= 15 is 0 Å². The van der Waals surface area contributed by atoms with E-state index in [0.717, 1.165) is 5.39 Å². The van der Waals surface area contributed by atoms with Gasteiger partial charge in [0.2, 0.25) is 5.78 Å². The molecule has 0 radical (unpaired) electrons. The van der Waals surface area contributed by atoms with E-state index in [1.54, 1.807) is 31.4 Å². The largest absolute Gasteiger partial charge is 0.497 e. The Kier molecular flexibility index (Phi) is 16.3.